The molecule has 3 N–H and O–H groups in total. The summed E-state index contributed by atoms with van der Waals surface area (Å²) in [7, 11) is 0. The molecule has 0 aliphatic heterocycles. The molecule has 0 radical (unpaired) electrons. The highest BCUT2D eigenvalue weighted by atomic mass is 32.1. The number of hydrogen-bond acceptors (Lipinski definition) is 4. The van der Waals surface area contributed by atoms with Gasteiger partial charge in [-0.25, -0.2) is 4.98 Å². The summed E-state index contributed by atoms with van der Waals surface area (Å²) >= 11 is 1.60. The maximum Gasteiger partial charge on any atom is 0.123 e. The van der Waals surface area contributed by atoms with E-state index in [2.05, 4.69) is 4.98 Å². The molecule has 3 rings (SSSR count). The lowest BCUT2D eigenvalue weighted by Gasteiger charge is -2.09. The number of benzene rings is 2. The number of rotatable bonds is 4. The number of thiazole rings is 1. The predicted molar refractivity (Wildman–Crippen MR) is 86.3 cm³/mol. The molecule has 106 valence electrons. The van der Waals surface area contributed by atoms with Crippen LogP contribution in [0.1, 0.15) is 17.3 Å². The minimum atomic E-state index is -0.0408. The van der Waals surface area contributed by atoms with Gasteiger partial charge < -0.3 is 10.8 Å². The van der Waals surface area contributed by atoms with E-state index in [9.17, 15) is 5.11 Å². The lowest BCUT2D eigenvalue weighted by molar-refractivity contribution is 0.475. The average Bonchev–Trinajstić information content (AvgIpc) is 2.97. The van der Waals surface area contributed by atoms with Gasteiger partial charge in [0.1, 0.15) is 10.8 Å². The Morgan fingerprint density at radius 1 is 1.05 bits per heavy atom. The molecule has 0 aliphatic carbocycles. The molecule has 0 saturated heterocycles. The second-order valence-electron chi connectivity index (χ2n) is 4.91. The van der Waals surface area contributed by atoms with Crippen molar-refractivity contribution in [2.45, 2.75) is 12.5 Å². The third kappa shape index (κ3) is 3.29. The van der Waals surface area contributed by atoms with Crippen molar-refractivity contribution in [3.05, 3.63) is 71.2 Å². The SMILES string of the molecule is NC(Cc1csc(-c2ccc(O)cc2)n1)c1ccccc1. The first-order valence-electron chi connectivity index (χ1n) is 6.77. The number of hydrogen-bond donors (Lipinski definition) is 2. The molecule has 21 heavy (non-hydrogen) atoms. The fourth-order valence-electron chi connectivity index (χ4n) is 2.18. The molecule has 1 unspecified atom stereocenters. The average molecular weight is 296 g/mol. The molecule has 3 nitrogen and oxygen atoms in total. The van der Waals surface area contributed by atoms with Gasteiger partial charge in [0.2, 0.25) is 0 Å². The van der Waals surface area contributed by atoms with Gasteiger partial charge in [0.05, 0.1) is 5.69 Å². The summed E-state index contributed by atoms with van der Waals surface area (Å²) in [5, 5.41) is 12.3. The fourth-order valence-corrected chi connectivity index (χ4v) is 3.02. The van der Waals surface area contributed by atoms with Gasteiger partial charge in [0.25, 0.3) is 0 Å². The van der Waals surface area contributed by atoms with Gasteiger partial charge in [0.15, 0.2) is 0 Å². The van der Waals surface area contributed by atoms with E-state index < -0.39 is 0 Å². The number of aromatic nitrogens is 1. The minimum absolute atomic E-state index is 0.0408. The molecule has 0 fully saturated rings. The highest BCUT2D eigenvalue weighted by molar-refractivity contribution is 7.13. The summed E-state index contributed by atoms with van der Waals surface area (Å²) in [5.41, 5.74) is 9.36. The third-order valence-electron chi connectivity index (χ3n) is 3.32. The molecular weight excluding hydrogens is 280 g/mol. The van der Waals surface area contributed by atoms with Crippen LogP contribution in [0.4, 0.5) is 0 Å². The van der Waals surface area contributed by atoms with Crippen molar-refractivity contribution >= 4 is 11.3 Å². The van der Waals surface area contributed by atoms with Crippen LogP contribution in [0.5, 0.6) is 5.75 Å². The van der Waals surface area contributed by atoms with Crippen LogP contribution in [0.15, 0.2) is 60.0 Å². The van der Waals surface area contributed by atoms with E-state index in [0.29, 0.717) is 0 Å². The van der Waals surface area contributed by atoms with Gasteiger partial charge in [-0.05, 0) is 29.8 Å². The molecule has 1 atom stereocenters. The van der Waals surface area contributed by atoms with Gasteiger partial charge in [-0.2, -0.15) is 0 Å². The van der Waals surface area contributed by atoms with E-state index in [0.717, 1.165) is 28.2 Å². The summed E-state index contributed by atoms with van der Waals surface area (Å²) < 4.78 is 0. The van der Waals surface area contributed by atoms with Crippen LogP contribution in [0, 0.1) is 0 Å². The number of aromatic hydroxyl groups is 1. The van der Waals surface area contributed by atoms with Crippen LogP contribution >= 0.6 is 11.3 Å². The van der Waals surface area contributed by atoms with Crippen LogP contribution < -0.4 is 5.73 Å². The molecule has 0 bridgehead atoms. The number of nitrogens with two attached hydrogens (primary N) is 1. The first-order valence-corrected chi connectivity index (χ1v) is 7.64. The van der Waals surface area contributed by atoms with E-state index in [1.165, 1.54) is 0 Å². The van der Waals surface area contributed by atoms with E-state index in [1.54, 1.807) is 23.5 Å². The van der Waals surface area contributed by atoms with E-state index in [-0.39, 0.29) is 11.8 Å². The molecule has 1 aromatic heterocycles. The van der Waals surface area contributed by atoms with Gasteiger partial charge >= 0.3 is 0 Å². The van der Waals surface area contributed by atoms with Crippen molar-refractivity contribution < 1.29 is 5.11 Å². The first-order chi connectivity index (χ1) is 10.2. The summed E-state index contributed by atoms with van der Waals surface area (Å²) in [4.78, 5) is 4.63. The molecule has 4 heteroatoms. The van der Waals surface area contributed by atoms with Gasteiger partial charge in [-0.3, -0.25) is 0 Å². The Morgan fingerprint density at radius 3 is 2.48 bits per heavy atom. The van der Waals surface area contributed by atoms with Crippen LogP contribution in [-0.4, -0.2) is 10.1 Å². The van der Waals surface area contributed by atoms with Crippen molar-refractivity contribution in [2.24, 2.45) is 5.73 Å². The predicted octanol–water partition coefficient (Wildman–Crippen LogP) is 3.76. The molecule has 0 spiro atoms. The third-order valence-corrected chi connectivity index (χ3v) is 4.26. The number of nitrogens with zero attached hydrogens (tertiary/aromatic N) is 1. The quantitative estimate of drug-likeness (QED) is 0.770. The van der Waals surface area contributed by atoms with Crippen molar-refractivity contribution in [1.29, 1.82) is 0 Å². The molecule has 0 aliphatic rings. The maximum atomic E-state index is 9.32. The maximum absolute atomic E-state index is 9.32. The summed E-state index contributed by atoms with van der Waals surface area (Å²) in [6.07, 6.45) is 0.721. The Balaban J connectivity index is 1.75. The highest BCUT2D eigenvalue weighted by Crippen LogP contribution is 2.26. The van der Waals surface area contributed by atoms with Crippen LogP contribution in [0.2, 0.25) is 0 Å². The Hall–Kier alpha value is -2.17. The summed E-state index contributed by atoms with van der Waals surface area (Å²) in [6.45, 7) is 0. The highest BCUT2D eigenvalue weighted by Gasteiger charge is 2.10. The van der Waals surface area contributed by atoms with E-state index in [4.69, 9.17) is 5.73 Å². The lowest BCUT2D eigenvalue weighted by Crippen LogP contribution is -2.13. The second kappa shape index (κ2) is 6.08. The summed E-state index contributed by atoms with van der Waals surface area (Å²) in [6, 6.07) is 17.1. The zero-order chi connectivity index (χ0) is 14.7. The Bertz CT molecular complexity index is 707. The fraction of sp³-hybridized carbons (Fsp3) is 0.118. The molecule has 3 aromatic rings. The summed E-state index contributed by atoms with van der Waals surface area (Å²) in [5.74, 6) is 0.265. The lowest BCUT2D eigenvalue weighted by atomic mass is 10.0. The van der Waals surface area contributed by atoms with E-state index >= 15 is 0 Å². The van der Waals surface area contributed by atoms with Crippen molar-refractivity contribution in [3.8, 4) is 16.3 Å². The molecular formula is C17H16N2OS. The van der Waals surface area contributed by atoms with Gasteiger partial charge in [-0.15, -0.1) is 11.3 Å². The van der Waals surface area contributed by atoms with Crippen LogP contribution in [0.3, 0.4) is 0 Å². The zero-order valence-corrected chi connectivity index (χ0v) is 12.3. The first kappa shape index (κ1) is 13.8. The van der Waals surface area contributed by atoms with Crippen molar-refractivity contribution in [3.63, 3.8) is 0 Å². The molecule has 0 saturated carbocycles. The van der Waals surface area contributed by atoms with Gasteiger partial charge in [0, 0.05) is 23.4 Å². The zero-order valence-electron chi connectivity index (χ0n) is 11.4. The standard InChI is InChI=1S/C17H16N2OS/c18-16(12-4-2-1-3-5-12)10-14-11-21-17(19-14)13-6-8-15(20)9-7-13/h1-9,11,16,20H,10,18H2. The smallest absolute Gasteiger partial charge is 0.123 e. The largest absolute Gasteiger partial charge is 0.508 e. The van der Waals surface area contributed by atoms with E-state index in [1.807, 2.05) is 47.8 Å². The normalized spacial score (nSPS) is 12.2. The van der Waals surface area contributed by atoms with Gasteiger partial charge in [-0.1, -0.05) is 30.3 Å². The Kier molecular flexibility index (Phi) is 3.99. The molecule has 1 heterocycles. The topological polar surface area (TPSA) is 59.1 Å². The minimum Gasteiger partial charge on any atom is -0.508 e. The van der Waals surface area contributed by atoms with Crippen LogP contribution in [0.25, 0.3) is 10.6 Å². The monoisotopic (exact) mass is 296 g/mol. The van der Waals surface area contributed by atoms with Crippen molar-refractivity contribution in [1.82, 2.24) is 4.98 Å². The Labute approximate surface area is 127 Å². The van der Waals surface area contributed by atoms with Crippen molar-refractivity contribution in [2.75, 3.05) is 0 Å². The second-order valence-corrected chi connectivity index (χ2v) is 5.77. The number of phenolic OH excluding ortho intramolecular Hbond substituents is 1. The molecule has 0 amide bonds. The van der Waals surface area contributed by atoms with Crippen LogP contribution in [-0.2, 0) is 6.42 Å². The Morgan fingerprint density at radius 2 is 1.76 bits per heavy atom. The molecule has 2 aromatic carbocycles. The number of phenols is 1.